The van der Waals surface area contributed by atoms with Gasteiger partial charge in [0, 0.05) is 19.6 Å². The molecule has 1 atom stereocenters. The zero-order valence-electron chi connectivity index (χ0n) is 10.3. The maximum Gasteiger partial charge on any atom is 0.306 e. The second-order valence-electron chi connectivity index (χ2n) is 4.57. The molecular formula is C13H15ClFNO3. The highest BCUT2D eigenvalue weighted by molar-refractivity contribution is 6.30. The molecule has 6 heteroatoms. The van der Waals surface area contributed by atoms with E-state index in [-0.39, 0.29) is 17.5 Å². The zero-order chi connectivity index (χ0) is 13.8. The minimum absolute atomic E-state index is 0.00845. The van der Waals surface area contributed by atoms with E-state index in [1.807, 2.05) is 0 Å². The Labute approximate surface area is 115 Å². The number of hydrogen-bond acceptors (Lipinski definition) is 3. The Kier molecular flexibility index (Phi) is 4.74. The van der Waals surface area contributed by atoms with Crippen molar-refractivity contribution in [2.24, 2.45) is 0 Å². The summed E-state index contributed by atoms with van der Waals surface area (Å²) >= 11 is 5.63. The third-order valence-corrected chi connectivity index (χ3v) is 3.32. The van der Waals surface area contributed by atoms with Crippen LogP contribution in [0, 0.1) is 5.82 Å². The summed E-state index contributed by atoms with van der Waals surface area (Å²) in [5.74, 6) is -1.31. The molecule has 1 aromatic carbocycles. The number of carboxylic acid groups (broad SMARTS) is 1. The lowest BCUT2D eigenvalue weighted by molar-refractivity contribution is -0.142. The molecule has 4 nitrogen and oxygen atoms in total. The van der Waals surface area contributed by atoms with Crippen molar-refractivity contribution in [2.45, 2.75) is 19.1 Å². The number of ether oxygens (including phenoxy) is 1. The van der Waals surface area contributed by atoms with Crippen molar-refractivity contribution in [3.63, 3.8) is 0 Å². The number of halogens is 2. The van der Waals surface area contributed by atoms with Gasteiger partial charge >= 0.3 is 5.97 Å². The lowest BCUT2D eigenvalue weighted by Crippen LogP contribution is -2.42. The molecule has 0 radical (unpaired) electrons. The third-order valence-electron chi connectivity index (χ3n) is 3.02. The average molecular weight is 288 g/mol. The van der Waals surface area contributed by atoms with Crippen LogP contribution in [0.25, 0.3) is 0 Å². The number of benzene rings is 1. The van der Waals surface area contributed by atoms with E-state index in [1.54, 1.807) is 6.07 Å². The molecule has 1 aromatic rings. The van der Waals surface area contributed by atoms with Crippen LogP contribution in [0.5, 0.6) is 0 Å². The van der Waals surface area contributed by atoms with E-state index in [0.717, 1.165) is 5.56 Å². The Bertz CT molecular complexity index is 469. The minimum atomic E-state index is -0.871. The molecule has 0 bridgehead atoms. The predicted molar refractivity (Wildman–Crippen MR) is 68.7 cm³/mol. The maximum absolute atomic E-state index is 13.3. The summed E-state index contributed by atoms with van der Waals surface area (Å²) in [7, 11) is 0. The van der Waals surface area contributed by atoms with Crippen LogP contribution in [0.2, 0.25) is 5.02 Å². The molecule has 0 aromatic heterocycles. The quantitative estimate of drug-likeness (QED) is 0.922. The van der Waals surface area contributed by atoms with Crippen LogP contribution in [0.1, 0.15) is 12.0 Å². The van der Waals surface area contributed by atoms with Crippen LogP contribution in [-0.4, -0.2) is 41.8 Å². The monoisotopic (exact) mass is 287 g/mol. The van der Waals surface area contributed by atoms with Crippen LogP contribution in [0.4, 0.5) is 4.39 Å². The lowest BCUT2D eigenvalue weighted by Gasteiger charge is -2.32. The largest absolute Gasteiger partial charge is 0.481 e. The summed E-state index contributed by atoms with van der Waals surface area (Å²) in [5, 5.41) is 8.85. The van der Waals surface area contributed by atoms with Gasteiger partial charge < -0.3 is 9.84 Å². The molecule has 1 saturated heterocycles. The molecule has 1 unspecified atom stereocenters. The summed E-state index contributed by atoms with van der Waals surface area (Å²) in [5.41, 5.74) is 0.817. The summed E-state index contributed by atoms with van der Waals surface area (Å²) in [4.78, 5) is 12.7. The van der Waals surface area contributed by atoms with Crippen molar-refractivity contribution >= 4 is 17.6 Å². The fourth-order valence-electron chi connectivity index (χ4n) is 2.14. The molecule has 104 valence electrons. The van der Waals surface area contributed by atoms with Crippen LogP contribution in [-0.2, 0) is 16.1 Å². The Balaban J connectivity index is 1.94. The van der Waals surface area contributed by atoms with Crippen molar-refractivity contribution in [3.05, 3.63) is 34.6 Å². The molecule has 0 aliphatic carbocycles. The van der Waals surface area contributed by atoms with Gasteiger partial charge in [0.1, 0.15) is 5.82 Å². The van der Waals surface area contributed by atoms with Gasteiger partial charge in [-0.25, -0.2) is 4.39 Å². The van der Waals surface area contributed by atoms with Crippen LogP contribution < -0.4 is 0 Å². The van der Waals surface area contributed by atoms with Gasteiger partial charge in [0.2, 0.25) is 0 Å². The van der Waals surface area contributed by atoms with Crippen molar-refractivity contribution in [2.75, 3.05) is 19.7 Å². The molecule has 0 saturated carbocycles. The van der Waals surface area contributed by atoms with Gasteiger partial charge in [-0.15, -0.1) is 0 Å². The topological polar surface area (TPSA) is 49.8 Å². The first kappa shape index (κ1) is 14.2. The fraction of sp³-hybridized carbons (Fsp3) is 0.462. The molecule has 19 heavy (non-hydrogen) atoms. The van der Waals surface area contributed by atoms with Gasteiger partial charge in [-0.2, -0.15) is 0 Å². The normalized spacial score (nSPS) is 20.4. The minimum Gasteiger partial charge on any atom is -0.481 e. The zero-order valence-corrected chi connectivity index (χ0v) is 11.1. The fourth-order valence-corrected chi connectivity index (χ4v) is 2.26. The first-order valence-corrected chi connectivity index (χ1v) is 6.42. The van der Waals surface area contributed by atoms with E-state index < -0.39 is 11.8 Å². The molecular weight excluding hydrogens is 273 g/mol. The smallest absolute Gasteiger partial charge is 0.306 e. The van der Waals surface area contributed by atoms with E-state index in [2.05, 4.69) is 4.90 Å². The van der Waals surface area contributed by atoms with Crippen LogP contribution in [0.3, 0.4) is 0 Å². The molecule has 1 heterocycles. The maximum atomic E-state index is 13.3. The number of carbonyl (C=O) groups is 1. The van der Waals surface area contributed by atoms with Crippen LogP contribution in [0.15, 0.2) is 18.2 Å². The lowest BCUT2D eigenvalue weighted by atomic mass is 10.1. The molecule has 0 amide bonds. The van der Waals surface area contributed by atoms with E-state index in [9.17, 15) is 9.18 Å². The predicted octanol–water partition coefficient (Wildman–Crippen LogP) is 2.15. The number of carboxylic acids is 1. The standard InChI is InChI=1S/C13H15ClFNO3/c14-11-2-1-9(5-12(11)15)7-16-3-4-19-10(8-16)6-13(17)18/h1-2,5,10H,3-4,6-8H2,(H,17,18). The second kappa shape index (κ2) is 6.32. The summed E-state index contributed by atoms with van der Waals surface area (Å²) < 4.78 is 18.7. The molecule has 2 rings (SSSR count). The van der Waals surface area contributed by atoms with Gasteiger partial charge in [0.25, 0.3) is 0 Å². The van der Waals surface area contributed by atoms with E-state index >= 15 is 0 Å². The number of aliphatic carboxylic acids is 1. The highest BCUT2D eigenvalue weighted by atomic mass is 35.5. The molecule has 0 spiro atoms. The van der Waals surface area contributed by atoms with Crippen molar-refractivity contribution in [1.82, 2.24) is 4.90 Å². The summed E-state index contributed by atoms with van der Waals surface area (Å²) in [6.45, 7) is 2.30. The molecule has 1 fully saturated rings. The van der Waals surface area contributed by atoms with Crippen LogP contribution >= 0.6 is 11.6 Å². The average Bonchev–Trinajstić information content (AvgIpc) is 2.33. The van der Waals surface area contributed by atoms with Crippen molar-refractivity contribution < 1.29 is 19.0 Å². The highest BCUT2D eigenvalue weighted by Crippen LogP contribution is 2.18. The van der Waals surface area contributed by atoms with Crippen molar-refractivity contribution in [3.8, 4) is 0 Å². The van der Waals surface area contributed by atoms with E-state index in [4.69, 9.17) is 21.4 Å². The van der Waals surface area contributed by atoms with Gasteiger partial charge in [0.15, 0.2) is 0 Å². The first-order valence-electron chi connectivity index (χ1n) is 6.04. The van der Waals surface area contributed by atoms with Gasteiger partial charge in [-0.05, 0) is 17.7 Å². The van der Waals surface area contributed by atoms with E-state index in [0.29, 0.717) is 26.2 Å². The number of nitrogens with zero attached hydrogens (tertiary/aromatic N) is 1. The number of hydrogen-bond donors (Lipinski definition) is 1. The summed E-state index contributed by atoms with van der Waals surface area (Å²) in [6, 6.07) is 4.71. The Morgan fingerprint density at radius 2 is 2.37 bits per heavy atom. The summed E-state index contributed by atoms with van der Waals surface area (Å²) in [6.07, 6.45) is -0.311. The molecule has 1 N–H and O–H groups in total. The van der Waals surface area contributed by atoms with Gasteiger partial charge in [-0.3, -0.25) is 9.69 Å². The molecule has 1 aliphatic heterocycles. The SMILES string of the molecule is O=C(O)CC1CN(Cc2ccc(Cl)c(F)c2)CCO1. The second-order valence-corrected chi connectivity index (χ2v) is 4.98. The number of morpholine rings is 1. The van der Waals surface area contributed by atoms with Crippen molar-refractivity contribution in [1.29, 1.82) is 0 Å². The van der Waals surface area contributed by atoms with Gasteiger partial charge in [-0.1, -0.05) is 17.7 Å². The Morgan fingerprint density at radius 3 is 3.05 bits per heavy atom. The Morgan fingerprint density at radius 1 is 1.58 bits per heavy atom. The first-order chi connectivity index (χ1) is 9.04. The number of rotatable bonds is 4. The van der Waals surface area contributed by atoms with E-state index in [1.165, 1.54) is 12.1 Å². The molecule has 1 aliphatic rings. The Hall–Kier alpha value is -1.17. The highest BCUT2D eigenvalue weighted by Gasteiger charge is 2.22. The third kappa shape index (κ3) is 4.16. The van der Waals surface area contributed by atoms with Gasteiger partial charge in [0.05, 0.1) is 24.2 Å².